The van der Waals surface area contributed by atoms with Crippen molar-refractivity contribution in [1.29, 1.82) is 0 Å². The van der Waals surface area contributed by atoms with Gasteiger partial charge in [0, 0.05) is 12.0 Å². The molecule has 28 heavy (non-hydrogen) atoms. The van der Waals surface area contributed by atoms with Gasteiger partial charge in [0.25, 0.3) is 6.17 Å². The number of nitrogens with one attached hydrogen (secondary N) is 1. The smallest absolute Gasteiger partial charge is 0.291 e. The van der Waals surface area contributed by atoms with Gasteiger partial charge in [0.05, 0.1) is 21.8 Å². The lowest BCUT2D eigenvalue weighted by molar-refractivity contribution is -0.763. The summed E-state index contributed by atoms with van der Waals surface area (Å²) < 4.78 is 1.61. The number of anilines is 1. The van der Waals surface area contributed by atoms with Crippen LogP contribution in [0.15, 0.2) is 58.5 Å². The molecule has 0 radical (unpaired) electrons. The van der Waals surface area contributed by atoms with E-state index in [0.29, 0.717) is 32.7 Å². The molecule has 0 bridgehead atoms. The Morgan fingerprint density at radius 1 is 1.25 bits per heavy atom. The van der Waals surface area contributed by atoms with E-state index in [1.165, 1.54) is 18.7 Å². The van der Waals surface area contributed by atoms with Crippen LogP contribution in [0.3, 0.4) is 0 Å². The summed E-state index contributed by atoms with van der Waals surface area (Å²) in [6.45, 7) is 3.48. The number of carbonyl (C=O) groups excluding carboxylic acids is 1. The normalized spacial score (nSPS) is 15.1. The van der Waals surface area contributed by atoms with Gasteiger partial charge < -0.3 is 0 Å². The minimum absolute atomic E-state index is 0.165. The maximum atomic E-state index is 13.0. The summed E-state index contributed by atoms with van der Waals surface area (Å²) in [6, 6.07) is 14.6. The van der Waals surface area contributed by atoms with Crippen molar-refractivity contribution in [2.75, 3.05) is 10.7 Å². The van der Waals surface area contributed by atoms with Gasteiger partial charge in [-0.1, -0.05) is 54.6 Å². The molecule has 142 valence electrons. The van der Waals surface area contributed by atoms with Crippen LogP contribution >= 0.6 is 23.4 Å². The van der Waals surface area contributed by atoms with E-state index in [4.69, 9.17) is 11.6 Å². The summed E-state index contributed by atoms with van der Waals surface area (Å²) in [4.78, 5) is 30.2. The quantitative estimate of drug-likeness (QED) is 0.527. The average molecular weight is 414 g/mol. The summed E-state index contributed by atoms with van der Waals surface area (Å²) in [5.41, 5.74) is 2.16. The number of aromatic nitrogens is 3. The zero-order valence-corrected chi connectivity index (χ0v) is 16.9. The Labute approximate surface area is 171 Å². The standard InChI is InChI=1S/C20H17ClN4O2S/c1-3-28-20-22-18(27)17-14-9-5-7-11-16(14)24(12(2)26)19(25(17)23-20)13-8-4-6-10-15(13)21/h4-11,19H,3H2,1-2H3/p+1. The molecule has 1 unspecified atom stereocenters. The molecule has 6 nitrogen and oxygen atoms in total. The Bertz CT molecular complexity index is 1130. The number of nitrogens with zero attached hydrogens (tertiary/aromatic N) is 3. The first-order chi connectivity index (χ1) is 13.5. The van der Waals surface area contributed by atoms with E-state index in [2.05, 4.69) is 10.1 Å². The number of H-pyrrole nitrogens is 1. The molecular formula is C20H18ClN4O2S+. The average Bonchev–Trinajstić information content (AvgIpc) is 2.67. The molecule has 2 heterocycles. The van der Waals surface area contributed by atoms with Crippen LogP contribution in [0.2, 0.25) is 5.02 Å². The highest BCUT2D eigenvalue weighted by Crippen LogP contribution is 2.38. The Morgan fingerprint density at radius 3 is 2.68 bits per heavy atom. The fraction of sp³-hybridized carbons (Fsp3) is 0.200. The van der Waals surface area contributed by atoms with Crippen molar-refractivity contribution in [2.24, 2.45) is 0 Å². The molecule has 1 N–H and O–H groups in total. The first-order valence-corrected chi connectivity index (χ1v) is 10.2. The van der Waals surface area contributed by atoms with Crippen LogP contribution in [-0.4, -0.2) is 21.7 Å². The van der Waals surface area contributed by atoms with Crippen molar-refractivity contribution < 1.29 is 9.48 Å². The summed E-state index contributed by atoms with van der Waals surface area (Å²) >= 11 is 7.92. The van der Waals surface area contributed by atoms with Crippen molar-refractivity contribution >= 4 is 35.0 Å². The molecule has 0 fully saturated rings. The van der Waals surface area contributed by atoms with Gasteiger partial charge in [-0.2, -0.15) is 0 Å². The van der Waals surface area contributed by atoms with Crippen LogP contribution in [0.25, 0.3) is 11.3 Å². The van der Waals surface area contributed by atoms with Gasteiger partial charge in [0.2, 0.25) is 11.1 Å². The topological polar surface area (TPSA) is 69.9 Å². The molecule has 0 saturated heterocycles. The number of halogens is 1. The fourth-order valence-corrected chi connectivity index (χ4v) is 4.30. The van der Waals surface area contributed by atoms with Gasteiger partial charge in [-0.15, -0.1) is 0 Å². The summed E-state index contributed by atoms with van der Waals surface area (Å²) in [6.07, 6.45) is -0.658. The van der Waals surface area contributed by atoms with Crippen molar-refractivity contribution in [2.45, 2.75) is 25.2 Å². The lowest BCUT2D eigenvalue weighted by Gasteiger charge is -2.31. The van der Waals surface area contributed by atoms with E-state index >= 15 is 0 Å². The number of hydrogen-bond donors (Lipinski definition) is 1. The van der Waals surface area contributed by atoms with Gasteiger partial charge in [-0.05, 0) is 34.7 Å². The molecule has 1 atom stereocenters. The number of hydrogen-bond acceptors (Lipinski definition) is 4. The predicted molar refractivity (Wildman–Crippen MR) is 110 cm³/mol. The molecule has 0 saturated carbocycles. The molecule has 0 spiro atoms. The molecule has 1 amide bonds. The minimum atomic E-state index is -0.658. The maximum Gasteiger partial charge on any atom is 0.325 e. The zero-order valence-electron chi connectivity index (χ0n) is 15.3. The van der Waals surface area contributed by atoms with E-state index in [0.717, 1.165) is 5.75 Å². The highest BCUT2D eigenvalue weighted by Gasteiger charge is 2.45. The van der Waals surface area contributed by atoms with Crippen molar-refractivity contribution in [3.8, 4) is 11.3 Å². The van der Waals surface area contributed by atoms with E-state index in [9.17, 15) is 9.59 Å². The van der Waals surface area contributed by atoms with Crippen LogP contribution in [0.1, 0.15) is 25.6 Å². The van der Waals surface area contributed by atoms with E-state index in [1.807, 2.05) is 49.4 Å². The zero-order chi connectivity index (χ0) is 19.8. The highest BCUT2D eigenvalue weighted by molar-refractivity contribution is 7.99. The van der Waals surface area contributed by atoms with Crippen LogP contribution in [0.4, 0.5) is 5.69 Å². The van der Waals surface area contributed by atoms with Crippen LogP contribution < -0.4 is 15.1 Å². The lowest BCUT2D eigenvalue weighted by atomic mass is 10.0. The fourth-order valence-electron chi connectivity index (χ4n) is 3.48. The number of para-hydroxylation sites is 1. The van der Waals surface area contributed by atoms with Crippen LogP contribution in [-0.2, 0) is 4.79 Å². The van der Waals surface area contributed by atoms with Gasteiger partial charge in [-0.25, -0.2) is 4.90 Å². The highest BCUT2D eigenvalue weighted by atomic mass is 35.5. The number of amides is 1. The monoisotopic (exact) mass is 413 g/mol. The molecular weight excluding hydrogens is 396 g/mol. The molecule has 2 aromatic carbocycles. The molecule has 4 rings (SSSR count). The molecule has 1 aliphatic rings. The third-order valence-corrected chi connectivity index (χ3v) is 5.65. The van der Waals surface area contributed by atoms with Crippen LogP contribution in [0, 0.1) is 0 Å². The number of carbonyl (C=O) groups is 1. The Balaban J connectivity index is 2.09. The molecule has 0 aliphatic carbocycles. The Hall–Kier alpha value is -2.64. The number of thioether (sulfide) groups is 1. The van der Waals surface area contributed by atoms with E-state index in [-0.39, 0.29) is 11.5 Å². The predicted octanol–water partition coefficient (Wildman–Crippen LogP) is 3.40. The lowest BCUT2D eigenvalue weighted by Crippen LogP contribution is -2.60. The van der Waals surface area contributed by atoms with Crippen LogP contribution in [0.5, 0.6) is 0 Å². The van der Waals surface area contributed by atoms with Gasteiger partial charge >= 0.3 is 11.3 Å². The third-order valence-electron chi connectivity index (χ3n) is 4.56. The molecule has 8 heteroatoms. The maximum absolute atomic E-state index is 13.0. The van der Waals surface area contributed by atoms with Crippen molar-refractivity contribution in [3.63, 3.8) is 0 Å². The third kappa shape index (κ3) is 3.00. The molecule has 3 aromatic rings. The number of benzene rings is 2. The largest absolute Gasteiger partial charge is 0.325 e. The van der Waals surface area contributed by atoms with Gasteiger partial charge in [0.15, 0.2) is 0 Å². The summed E-state index contributed by atoms with van der Waals surface area (Å²) in [5, 5.41) is 5.67. The summed E-state index contributed by atoms with van der Waals surface area (Å²) in [5.74, 6) is 0.591. The minimum Gasteiger partial charge on any atom is -0.291 e. The van der Waals surface area contributed by atoms with Crippen molar-refractivity contribution in [3.05, 3.63) is 69.5 Å². The second-order valence-corrected chi connectivity index (χ2v) is 7.95. The molecule has 1 aromatic heterocycles. The first-order valence-electron chi connectivity index (χ1n) is 8.85. The second-order valence-electron chi connectivity index (χ2n) is 6.29. The molecule has 1 aliphatic heterocycles. The van der Waals surface area contributed by atoms with E-state index < -0.39 is 6.17 Å². The van der Waals surface area contributed by atoms with E-state index in [1.54, 1.807) is 15.6 Å². The SMILES string of the molecule is CCSc1n[n+]2c(c(=O)[nH]1)-c1ccccc1N(C(C)=O)C2c1ccccc1Cl. The van der Waals surface area contributed by atoms with Gasteiger partial charge in [-0.3, -0.25) is 14.6 Å². The number of fused-ring (bicyclic) bond motifs is 3. The second kappa shape index (κ2) is 7.41. The number of aromatic amines is 1. The Kier molecular flexibility index (Phi) is 4.95. The van der Waals surface area contributed by atoms with Gasteiger partial charge in [0.1, 0.15) is 0 Å². The first kappa shape index (κ1) is 18.7. The summed E-state index contributed by atoms with van der Waals surface area (Å²) in [7, 11) is 0. The number of rotatable bonds is 3. The Morgan fingerprint density at radius 2 is 1.96 bits per heavy atom. The van der Waals surface area contributed by atoms with Crippen molar-refractivity contribution in [1.82, 2.24) is 10.1 Å².